The summed E-state index contributed by atoms with van der Waals surface area (Å²) in [6.45, 7) is 2.25. The van der Waals surface area contributed by atoms with E-state index in [1.54, 1.807) is 7.11 Å². The molecule has 1 aromatic rings. The van der Waals surface area contributed by atoms with Crippen LogP contribution in [0.5, 0.6) is 0 Å². The Bertz CT molecular complexity index is 372. The van der Waals surface area contributed by atoms with Gasteiger partial charge in [0.2, 0.25) is 0 Å². The molecule has 0 radical (unpaired) electrons. The van der Waals surface area contributed by atoms with Gasteiger partial charge in [0.15, 0.2) is 0 Å². The second kappa shape index (κ2) is 10.6. The number of hydrogen-bond donors (Lipinski definition) is 0. The van der Waals surface area contributed by atoms with Crippen molar-refractivity contribution in [1.29, 1.82) is 0 Å². The van der Waals surface area contributed by atoms with E-state index in [1.165, 1.54) is 38.5 Å². The Morgan fingerprint density at radius 3 is 2.37 bits per heavy atom. The lowest BCUT2D eigenvalue weighted by atomic mass is 10.1. The number of unbranched alkanes of at least 4 members (excludes halogenated alkanes) is 6. The van der Waals surface area contributed by atoms with E-state index < -0.39 is 0 Å². The maximum absolute atomic E-state index is 5.42. The summed E-state index contributed by atoms with van der Waals surface area (Å²) in [6.07, 6.45) is 8.81. The van der Waals surface area contributed by atoms with Gasteiger partial charge < -0.3 is 4.74 Å². The van der Waals surface area contributed by atoms with Gasteiger partial charge in [0.25, 0.3) is 0 Å². The zero-order chi connectivity index (χ0) is 13.8. The van der Waals surface area contributed by atoms with Crippen LogP contribution in [0.1, 0.15) is 63.5 Å². The van der Waals surface area contributed by atoms with Crippen LogP contribution in [0.2, 0.25) is 0 Å². The van der Waals surface area contributed by atoms with E-state index in [-0.39, 0.29) is 6.10 Å². The number of ether oxygens (including phenoxy) is 1. The van der Waals surface area contributed by atoms with E-state index in [4.69, 9.17) is 4.74 Å². The Labute approximate surface area is 118 Å². The zero-order valence-corrected chi connectivity index (χ0v) is 12.3. The van der Waals surface area contributed by atoms with Crippen LogP contribution in [0.3, 0.4) is 0 Å². The van der Waals surface area contributed by atoms with Gasteiger partial charge in [-0.2, -0.15) is 0 Å². The molecule has 0 aliphatic rings. The van der Waals surface area contributed by atoms with Crippen molar-refractivity contribution in [2.24, 2.45) is 0 Å². The molecule has 1 atom stereocenters. The number of methoxy groups -OCH3 is 1. The molecule has 0 fully saturated rings. The van der Waals surface area contributed by atoms with E-state index in [2.05, 4.69) is 30.9 Å². The third kappa shape index (κ3) is 7.03. The molecule has 1 unspecified atom stereocenters. The van der Waals surface area contributed by atoms with Crippen molar-refractivity contribution in [3.05, 3.63) is 35.9 Å². The van der Waals surface area contributed by atoms with E-state index in [0.29, 0.717) is 0 Å². The van der Waals surface area contributed by atoms with Crippen LogP contribution < -0.4 is 0 Å². The lowest BCUT2D eigenvalue weighted by molar-refractivity contribution is 0.150. The van der Waals surface area contributed by atoms with Crippen molar-refractivity contribution < 1.29 is 4.74 Å². The largest absolute Gasteiger partial charge is 0.364 e. The lowest BCUT2D eigenvalue weighted by Crippen LogP contribution is -1.97. The van der Waals surface area contributed by atoms with Gasteiger partial charge in [-0.1, -0.05) is 75.3 Å². The summed E-state index contributed by atoms with van der Waals surface area (Å²) < 4.78 is 5.42. The summed E-state index contributed by atoms with van der Waals surface area (Å²) in [4.78, 5) is 0. The molecular weight excluding hydrogens is 232 g/mol. The van der Waals surface area contributed by atoms with Crippen molar-refractivity contribution >= 4 is 0 Å². The van der Waals surface area contributed by atoms with Crippen LogP contribution in [0.25, 0.3) is 0 Å². The van der Waals surface area contributed by atoms with Crippen molar-refractivity contribution in [1.82, 2.24) is 0 Å². The quantitative estimate of drug-likeness (QED) is 0.464. The van der Waals surface area contributed by atoms with E-state index in [0.717, 1.165) is 12.0 Å². The molecule has 1 nitrogen and oxygen atoms in total. The summed E-state index contributed by atoms with van der Waals surface area (Å²) in [6, 6.07) is 10.2. The van der Waals surface area contributed by atoms with E-state index in [9.17, 15) is 0 Å². The molecule has 0 N–H and O–H groups in total. The standard InChI is InChI=1S/C18H26O/c1-3-4-5-6-7-8-9-13-16-18(19-2)17-14-11-10-12-15-17/h10-12,14-15,18H,3-9H2,1-2H3. The predicted octanol–water partition coefficient (Wildman–Crippen LogP) is 5.13. The highest BCUT2D eigenvalue weighted by Crippen LogP contribution is 2.15. The Balaban J connectivity index is 2.24. The summed E-state index contributed by atoms with van der Waals surface area (Å²) in [7, 11) is 1.72. The van der Waals surface area contributed by atoms with E-state index >= 15 is 0 Å². The van der Waals surface area contributed by atoms with Crippen molar-refractivity contribution in [3.8, 4) is 11.8 Å². The van der Waals surface area contributed by atoms with Crippen LogP contribution in [0.15, 0.2) is 30.3 Å². The first-order valence-corrected chi connectivity index (χ1v) is 7.44. The predicted molar refractivity (Wildman–Crippen MR) is 82.0 cm³/mol. The van der Waals surface area contributed by atoms with E-state index in [1.807, 2.05) is 18.2 Å². The Morgan fingerprint density at radius 2 is 1.68 bits per heavy atom. The summed E-state index contributed by atoms with van der Waals surface area (Å²) in [5.41, 5.74) is 1.14. The van der Waals surface area contributed by atoms with Crippen LogP contribution in [-0.4, -0.2) is 7.11 Å². The average molecular weight is 258 g/mol. The van der Waals surface area contributed by atoms with Gasteiger partial charge in [-0.3, -0.25) is 0 Å². The maximum atomic E-state index is 5.42. The number of hydrogen-bond acceptors (Lipinski definition) is 1. The molecule has 0 bridgehead atoms. The van der Waals surface area contributed by atoms with Gasteiger partial charge in [0.1, 0.15) is 6.10 Å². The van der Waals surface area contributed by atoms with Crippen molar-refractivity contribution in [3.63, 3.8) is 0 Å². The van der Waals surface area contributed by atoms with Crippen molar-refractivity contribution in [2.75, 3.05) is 7.11 Å². The average Bonchev–Trinajstić information content (AvgIpc) is 2.47. The third-order valence-electron chi connectivity index (χ3n) is 3.23. The molecule has 0 spiro atoms. The normalized spacial score (nSPS) is 11.7. The summed E-state index contributed by atoms with van der Waals surface area (Å²) >= 11 is 0. The second-order valence-electron chi connectivity index (χ2n) is 4.87. The Hall–Kier alpha value is -1.26. The van der Waals surface area contributed by atoms with Crippen LogP contribution in [0, 0.1) is 11.8 Å². The molecule has 0 aliphatic carbocycles. The monoisotopic (exact) mass is 258 g/mol. The summed E-state index contributed by atoms with van der Waals surface area (Å²) in [5.74, 6) is 6.47. The first-order valence-electron chi connectivity index (χ1n) is 7.44. The maximum Gasteiger partial charge on any atom is 0.143 e. The molecule has 0 amide bonds. The van der Waals surface area contributed by atoms with Crippen LogP contribution >= 0.6 is 0 Å². The first-order chi connectivity index (χ1) is 9.38. The van der Waals surface area contributed by atoms with Crippen LogP contribution in [-0.2, 0) is 4.74 Å². The van der Waals surface area contributed by atoms with Crippen LogP contribution in [0.4, 0.5) is 0 Å². The van der Waals surface area contributed by atoms with Gasteiger partial charge in [0, 0.05) is 13.5 Å². The molecule has 104 valence electrons. The highest BCUT2D eigenvalue weighted by Gasteiger charge is 2.04. The van der Waals surface area contributed by atoms with Crippen molar-refractivity contribution in [2.45, 2.75) is 58.0 Å². The summed E-state index contributed by atoms with van der Waals surface area (Å²) in [5, 5.41) is 0. The molecule has 0 saturated carbocycles. The zero-order valence-electron chi connectivity index (χ0n) is 12.3. The molecule has 19 heavy (non-hydrogen) atoms. The smallest absolute Gasteiger partial charge is 0.143 e. The number of benzene rings is 1. The Morgan fingerprint density at radius 1 is 1.00 bits per heavy atom. The fourth-order valence-electron chi connectivity index (χ4n) is 2.06. The molecule has 0 aliphatic heterocycles. The first kappa shape index (κ1) is 15.8. The number of rotatable bonds is 8. The minimum absolute atomic E-state index is 0.0821. The Kier molecular flexibility index (Phi) is 8.85. The SMILES string of the molecule is CCCCCCCCC#CC(OC)c1ccccc1. The molecule has 1 aromatic carbocycles. The van der Waals surface area contributed by atoms with Gasteiger partial charge in [-0.15, -0.1) is 5.92 Å². The lowest BCUT2D eigenvalue weighted by Gasteiger charge is -2.08. The van der Waals surface area contributed by atoms with Gasteiger partial charge in [-0.05, 0) is 12.0 Å². The molecule has 1 rings (SSSR count). The second-order valence-corrected chi connectivity index (χ2v) is 4.87. The molecular formula is C18H26O. The van der Waals surface area contributed by atoms with Gasteiger partial charge >= 0.3 is 0 Å². The fourth-order valence-corrected chi connectivity index (χ4v) is 2.06. The molecule has 0 aromatic heterocycles. The minimum Gasteiger partial charge on any atom is -0.364 e. The molecule has 1 heteroatoms. The fraction of sp³-hybridized carbons (Fsp3) is 0.556. The minimum atomic E-state index is -0.0821. The highest BCUT2D eigenvalue weighted by atomic mass is 16.5. The topological polar surface area (TPSA) is 9.23 Å². The highest BCUT2D eigenvalue weighted by molar-refractivity contribution is 5.25. The van der Waals surface area contributed by atoms with Gasteiger partial charge in [-0.25, -0.2) is 0 Å². The van der Waals surface area contributed by atoms with Gasteiger partial charge in [0.05, 0.1) is 0 Å². The molecule has 0 heterocycles. The third-order valence-corrected chi connectivity index (χ3v) is 3.23. The molecule has 0 saturated heterocycles.